The van der Waals surface area contributed by atoms with Crippen molar-refractivity contribution in [3.63, 3.8) is 0 Å². The molecular formula is C19H26N2. The fourth-order valence-electron chi connectivity index (χ4n) is 4.17. The van der Waals surface area contributed by atoms with Crippen molar-refractivity contribution in [3.05, 3.63) is 54.1 Å². The number of hydrogen-bond acceptors (Lipinski definition) is 2. The van der Waals surface area contributed by atoms with Crippen molar-refractivity contribution in [1.29, 1.82) is 0 Å². The Bertz CT molecular complexity index is 561. The quantitative estimate of drug-likeness (QED) is 0.845. The standard InChI is InChI=1S/C19H26N2/c1-4-6-7-13-21-18-15(3)9-8-10-16(18)17-14-20-12-11-19(17,21)5-2/h4-6,8-10,17,20H,2,7,11-14H2,1,3H3/b6-4+/t17-,19-/m0/s1. The topological polar surface area (TPSA) is 15.3 Å². The van der Waals surface area contributed by atoms with E-state index in [9.17, 15) is 0 Å². The zero-order chi connectivity index (χ0) is 14.9. The third kappa shape index (κ3) is 2.13. The van der Waals surface area contributed by atoms with Gasteiger partial charge in [0, 0.05) is 24.7 Å². The Labute approximate surface area is 128 Å². The third-order valence-electron chi connectivity index (χ3n) is 5.18. The first-order chi connectivity index (χ1) is 10.2. The molecule has 2 aliphatic rings. The molecule has 0 saturated carbocycles. The van der Waals surface area contributed by atoms with E-state index in [1.54, 1.807) is 0 Å². The average Bonchev–Trinajstić information content (AvgIpc) is 2.80. The summed E-state index contributed by atoms with van der Waals surface area (Å²) in [4.78, 5) is 2.64. The van der Waals surface area contributed by atoms with Gasteiger partial charge in [0.05, 0.1) is 5.54 Å². The number of fused-ring (bicyclic) bond motifs is 3. The van der Waals surface area contributed by atoms with Crippen LogP contribution in [-0.4, -0.2) is 25.2 Å². The average molecular weight is 282 g/mol. The van der Waals surface area contributed by atoms with Gasteiger partial charge in [-0.15, -0.1) is 6.58 Å². The Kier molecular flexibility index (Phi) is 3.90. The molecule has 1 fully saturated rings. The van der Waals surface area contributed by atoms with Crippen molar-refractivity contribution >= 4 is 5.69 Å². The minimum Gasteiger partial charge on any atom is -0.361 e. The summed E-state index contributed by atoms with van der Waals surface area (Å²) in [6, 6.07) is 6.75. The summed E-state index contributed by atoms with van der Waals surface area (Å²) in [6.45, 7) is 11.8. The number of hydrogen-bond donors (Lipinski definition) is 1. The summed E-state index contributed by atoms with van der Waals surface area (Å²) in [5.41, 5.74) is 4.45. The number of para-hydroxylation sites is 1. The lowest BCUT2D eigenvalue weighted by molar-refractivity contribution is 0.325. The second kappa shape index (κ2) is 5.69. The van der Waals surface area contributed by atoms with Crippen molar-refractivity contribution in [3.8, 4) is 0 Å². The molecule has 2 aliphatic heterocycles. The highest BCUT2D eigenvalue weighted by molar-refractivity contribution is 5.70. The number of nitrogens with one attached hydrogen (secondary N) is 1. The van der Waals surface area contributed by atoms with Crippen LogP contribution >= 0.6 is 0 Å². The summed E-state index contributed by atoms with van der Waals surface area (Å²) in [5, 5.41) is 3.58. The van der Waals surface area contributed by atoms with Crippen LogP contribution in [0.5, 0.6) is 0 Å². The first kappa shape index (κ1) is 14.4. The van der Waals surface area contributed by atoms with Crippen molar-refractivity contribution in [1.82, 2.24) is 5.32 Å². The number of aryl methyl sites for hydroxylation is 1. The van der Waals surface area contributed by atoms with Crippen molar-refractivity contribution in [2.75, 3.05) is 24.5 Å². The molecule has 1 N–H and O–H groups in total. The summed E-state index contributed by atoms with van der Waals surface area (Å²) in [5.74, 6) is 0.532. The van der Waals surface area contributed by atoms with E-state index in [1.165, 1.54) is 16.8 Å². The van der Waals surface area contributed by atoms with Crippen LogP contribution in [0.4, 0.5) is 5.69 Å². The molecule has 0 aromatic heterocycles. The summed E-state index contributed by atoms with van der Waals surface area (Å²) in [7, 11) is 0. The molecule has 2 nitrogen and oxygen atoms in total. The van der Waals surface area contributed by atoms with E-state index >= 15 is 0 Å². The predicted molar refractivity (Wildman–Crippen MR) is 91.1 cm³/mol. The molecule has 0 bridgehead atoms. The third-order valence-corrected chi connectivity index (χ3v) is 5.18. The minimum atomic E-state index is 0.0985. The molecule has 1 aromatic carbocycles. The molecule has 1 aromatic rings. The molecule has 0 amide bonds. The largest absolute Gasteiger partial charge is 0.361 e. The molecule has 0 unspecified atom stereocenters. The molecule has 2 heterocycles. The van der Waals surface area contributed by atoms with Gasteiger partial charge in [-0.1, -0.05) is 36.4 Å². The van der Waals surface area contributed by atoms with Crippen LogP contribution in [0.2, 0.25) is 0 Å². The van der Waals surface area contributed by atoms with Gasteiger partial charge < -0.3 is 10.2 Å². The van der Waals surface area contributed by atoms with Gasteiger partial charge in [0.15, 0.2) is 0 Å². The number of benzene rings is 1. The molecule has 0 spiro atoms. The van der Waals surface area contributed by atoms with Crippen LogP contribution in [0, 0.1) is 6.92 Å². The molecule has 0 aliphatic carbocycles. The normalized spacial score (nSPS) is 27.7. The van der Waals surface area contributed by atoms with E-state index in [0.717, 1.165) is 32.5 Å². The van der Waals surface area contributed by atoms with Gasteiger partial charge in [0.2, 0.25) is 0 Å². The van der Waals surface area contributed by atoms with Gasteiger partial charge in [0.1, 0.15) is 0 Å². The van der Waals surface area contributed by atoms with E-state index in [1.807, 2.05) is 0 Å². The van der Waals surface area contributed by atoms with Crippen LogP contribution in [0.15, 0.2) is 43.0 Å². The summed E-state index contributed by atoms with van der Waals surface area (Å²) in [6.07, 6.45) is 8.87. The van der Waals surface area contributed by atoms with Crippen molar-refractivity contribution in [2.45, 2.75) is 38.1 Å². The number of piperidine rings is 1. The molecule has 3 rings (SSSR count). The smallest absolute Gasteiger partial charge is 0.0675 e. The van der Waals surface area contributed by atoms with Gasteiger partial charge in [0.25, 0.3) is 0 Å². The second-order valence-electron chi connectivity index (χ2n) is 6.22. The van der Waals surface area contributed by atoms with Gasteiger partial charge in [-0.25, -0.2) is 0 Å². The SMILES string of the molecule is C=C[C@]12CCNC[C@H]1c1cccc(C)c1N2CC/C=C/C. The fourth-order valence-corrected chi connectivity index (χ4v) is 4.17. The lowest BCUT2D eigenvalue weighted by Crippen LogP contribution is -2.54. The fraction of sp³-hybridized carbons (Fsp3) is 0.474. The highest BCUT2D eigenvalue weighted by Gasteiger charge is 2.50. The number of allylic oxidation sites excluding steroid dienone is 1. The maximum Gasteiger partial charge on any atom is 0.0675 e. The molecule has 1 saturated heterocycles. The molecule has 0 radical (unpaired) electrons. The first-order valence-corrected chi connectivity index (χ1v) is 8.07. The van der Waals surface area contributed by atoms with E-state index in [-0.39, 0.29) is 5.54 Å². The van der Waals surface area contributed by atoms with Gasteiger partial charge >= 0.3 is 0 Å². The van der Waals surface area contributed by atoms with E-state index < -0.39 is 0 Å². The van der Waals surface area contributed by atoms with E-state index in [0.29, 0.717) is 5.92 Å². The molecular weight excluding hydrogens is 256 g/mol. The Hall–Kier alpha value is -1.54. The Morgan fingerprint density at radius 3 is 3.10 bits per heavy atom. The summed E-state index contributed by atoms with van der Waals surface area (Å²) >= 11 is 0. The molecule has 21 heavy (non-hydrogen) atoms. The second-order valence-corrected chi connectivity index (χ2v) is 6.22. The van der Waals surface area contributed by atoms with Crippen LogP contribution in [0.25, 0.3) is 0 Å². The molecule has 2 heteroatoms. The number of nitrogens with zero attached hydrogens (tertiary/aromatic N) is 1. The maximum absolute atomic E-state index is 4.22. The Balaban J connectivity index is 2.07. The lowest BCUT2D eigenvalue weighted by atomic mass is 9.77. The van der Waals surface area contributed by atoms with Crippen LogP contribution in [0.3, 0.4) is 0 Å². The number of rotatable bonds is 4. The molecule has 2 atom stereocenters. The van der Waals surface area contributed by atoms with Crippen LogP contribution in [-0.2, 0) is 0 Å². The minimum absolute atomic E-state index is 0.0985. The van der Waals surface area contributed by atoms with Gasteiger partial charge in [-0.2, -0.15) is 0 Å². The van der Waals surface area contributed by atoms with Crippen molar-refractivity contribution < 1.29 is 0 Å². The zero-order valence-electron chi connectivity index (χ0n) is 13.2. The van der Waals surface area contributed by atoms with Gasteiger partial charge in [-0.3, -0.25) is 0 Å². The highest BCUT2D eigenvalue weighted by Crippen LogP contribution is 2.52. The monoisotopic (exact) mass is 282 g/mol. The Morgan fingerprint density at radius 2 is 2.33 bits per heavy atom. The predicted octanol–water partition coefficient (Wildman–Crippen LogP) is 3.78. The first-order valence-electron chi connectivity index (χ1n) is 8.07. The van der Waals surface area contributed by atoms with Gasteiger partial charge in [-0.05, 0) is 44.4 Å². The van der Waals surface area contributed by atoms with Crippen LogP contribution in [0.1, 0.15) is 36.8 Å². The lowest BCUT2D eigenvalue weighted by Gasteiger charge is -2.45. The van der Waals surface area contributed by atoms with Crippen LogP contribution < -0.4 is 10.2 Å². The highest BCUT2D eigenvalue weighted by atomic mass is 15.2. The zero-order valence-corrected chi connectivity index (χ0v) is 13.2. The summed E-state index contributed by atoms with van der Waals surface area (Å²) < 4.78 is 0. The van der Waals surface area contributed by atoms with E-state index in [2.05, 4.69) is 67.1 Å². The Morgan fingerprint density at radius 1 is 1.48 bits per heavy atom. The molecule has 112 valence electrons. The van der Waals surface area contributed by atoms with E-state index in [4.69, 9.17) is 0 Å². The maximum atomic E-state index is 4.22. The van der Waals surface area contributed by atoms with Crippen molar-refractivity contribution in [2.24, 2.45) is 0 Å². The number of anilines is 1.